The lowest BCUT2D eigenvalue weighted by molar-refractivity contribution is 0.0688. The Kier molecular flexibility index (Phi) is 5.44. The van der Waals surface area contributed by atoms with Crippen LogP contribution < -0.4 is 14.8 Å². The number of piperidine rings is 1. The minimum Gasteiger partial charge on any atom is -0.496 e. The fraction of sp³-hybridized carbons (Fsp3) is 0.562. The van der Waals surface area contributed by atoms with Crippen LogP contribution in [-0.4, -0.2) is 50.7 Å². The zero-order valence-corrected chi connectivity index (χ0v) is 13.0. The van der Waals surface area contributed by atoms with Gasteiger partial charge in [0.1, 0.15) is 17.1 Å². The first-order valence-electron chi connectivity index (χ1n) is 7.44. The van der Waals surface area contributed by atoms with E-state index in [-0.39, 0.29) is 5.91 Å². The van der Waals surface area contributed by atoms with Gasteiger partial charge in [0.05, 0.1) is 14.2 Å². The first kappa shape index (κ1) is 15.6. The van der Waals surface area contributed by atoms with Gasteiger partial charge in [0.25, 0.3) is 5.91 Å². The molecule has 0 radical (unpaired) electrons. The smallest absolute Gasteiger partial charge is 0.261 e. The lowest BCUT2D eigenvalue weighted by atomic mass is 10.0. The molecule has 1 heterocycles. The van der Waals surface area contributed by atoms with Gasteiger partial charge in [0.2, 0.25) is 0 Å². The van der Waals surface area contributed by atoms with E-state index in [0.29, 0.717) is 23.1 Å². The number of likely N-dealkylation sites (tertiary alicyclic amines) is 1. The SMILES string of the molecule is CCNC1CCCN(C(=O)c2c(OC)cccc2OC)C1. The number of rotatable bonds is 5. The summed E-state index contributed by atoms with van der Waals surface area (Å²) in [6.45, 7) is 4.52. The van der Waals surface area contributed by atoms with Crippen molar-refractivity contribution in [3.05, 3.63) is 23.8 Å². The van der Waals surface area contributed by atoms with Crippen molar-refractivity contribution >= 4 is 5.91 Å². The summed E-state index contributed by atoms with van der Waals surface area (Å²) in [4.78, 5) is 14.7. The largest absolute Gasteiger partial charge is 0.496 e. The molecule has 1 aliphatic rings. The van der Waals surface area contributed by atoms with Gasteiger partial charge in [-0.15, -0.1) is 0 Å². The fourth-order valence-corrected chi connectivity index (χ4v) is 2.84. The highest BCUT2D eigenvalue weighted by molar-refractivity contribution is 5.99. The van der Waals surface area contributed by atoms with Crippen molar-refractivity contribution in [1.82, 2.24) is 10.2 Å². The second-order valence-corrected chi connectivity index (χ2v) is 5.19. The van der Waals surface area contributed by atoms with Crippen LogP contribution in [0, 0.1) is 0 Å². The van der Waals surface area contributed by atoms with Crippen LogP contribution in [0.1, 0.15) is 30.1 Å². The minimum atomic E-state index is -0.0214. The summed E-state index contributed by atoms with van der Waals surface area (Å²) in [6, 6.07) is 5.78. The Balaban J connectivity index is 2.23. The standard InChI is InChI=1S/C16H24N2O3/c1-4-17-12-7-6-10-18(11-12)16(19)15-13(20-2)8-5-9-14(15)21-3/h5,8-9,12,17H,4,6-7,10-11H2,1-3H3. The Labute approximate surface area is 126 Å². The third-order valence-electron chi connectivity index (χ3n) is 3.84. The van der Waals surface area contributed by atoms with Crippen LogP contribution in [0.25, 0.3) is 0 Å². The quantitative estimate of drug-likeness (QED) is 0.901. The number of hydrogen-bond acceptors (Lipinski definition) is 4. The van der Waals surface area contributed by atoms with Crippen molar-refractivity contribution in [3.63, 3.8) is 0 Å². The number of carbonyl (C=O) groups excluding carboxylic acids is 1. The van der Waals surface area contributed by atoms with E-state index in [9.17, 15) is 4.79 Å². The number of amides is 1. The van der Waals surface area contributed by atoms with Gasteiger partial charge in [-0.25, -0.2) is 0 Å². The zero-order valence-electron chi connectivity index (χ0n) is 13.0. The van der Waals surface area contributed by atoms with Crippen LogP contribution in [0.2, 0.25) is 0 Å². The molecule has 1 aromatic rings. The number of methoxy groups -OCH3 is 2. The number of nitrogens with zero attached hydrogens (tertiary/aromatic N) is 1. The Morgan fingerprint density at radius 2 is 2.00 bits per heavy atom. The molecular weight excluding hydrogens is 268 g/mol. The Morgan fingerprint density at radius 1 is 1.33 bits per heavy atom. The second kappa shape index (κ2) is 7.31. The van der Waals surface area contributed by atoms with E-state index in [4.69, 9.17) is 9.47 Å². The molecule has 1 saturated heterocycles. The Hall–Kier alpha value is -1.75. The van der Waals surface area contributed by atoms with Gasteiger partial charge >= 0.3 is 0 Å². The molecule has 0 aromatic heterocycles. The van der Waals surface area contributed by atoms with Gasteiger partial charge < -0.3 is 19.7 Å². The maximum atomic E-state index is 12.8. The number of nitrogens with one attached hydrogen (secondary N) is 1. The molecule has 5 heteroatoms. The molecule has 0 aliphatic carbocycles. The molecule has 2 rings (SSSR count). The van der Waals surface area contributed by atoms with Crippen molar-refractivity contribution in [2.75, 3.05) is 33.9 Å². The molecule has 1 aliphatic heterocycles. The number of likely N-dealkylation sites (N-methyl/N-ethyl adjacent to an activating group) is 1. The summed E-state index contributed by atoms with van der Waals surface area (Å²) in [5.74, 6) is 1.10. The maximum Gasteiger partial charge on any atom is 0.261 e. The molecule has 1 amide bonds. The lowest BCUT2D eigenvalue weighted by Crippen LogP contribution is -2.48. The van der Waals surface area contributed by atoms with Gasteiger partial charge in [-0.1, -0.05) is 13.0 Å². The predicted octanol–water partition coefficient (Wildman–Crippen LogP) is 1.92. The Morgan fingerprint density at radius 3 is 2.57 bits per heavy atom. The molecule has 1 aromatic carbocycles. The van der Waals surface area contributed by atoms with Crippen molar-refractivity contribution in [3.8, 4) is 11.5 Å². The summed E-state index contributed by atoms with van der Waals surface area (Å²) < 4.78 is 10.7. The third-order valence-corrected chi connectivity index (χ3v) is 3.84. The molecule has 0 spiro atoms. The molecule has 1 N–H and O–H groups in total. The number of ether oxygens (including phenoxy) is 2. The average molecular weight is 292 g/mol. The molecule has 21 heavy (non-hydrogen) atoms. The maximum absolute atomic E-state index is 12.8. The molecule has 1 fully saturated rings. The van der Waals surface area contributed by atoms with Crippen LogP contribution in [0.5, 0.6) is 11.5 Å². The van der Waals surface area contributed by atoms with E-state index in [1.807, 2.05) is 11.0 Å². The average Bonchev–Trinajstić information content (AvgIpc) is 2.54. The zero-order chi connectivity index (χ0) is 15.2. The molecule has 1 unspecified atom stereocenters. The molecule has 0 bridgehead atoms. The number of hydrogen-bond donors (Lipinski definition) is 1. The third kappa shape index (κ3) is 3.47. The van der Waals surface area contributed by atoms with E-state index < -0.39 is 0 Å². The van der Waals surface area contributed by atoms with Crippen molar-refractivity contribution in [2.24, 2.45) is 0 Å². The van der Waals surface area contributed by atoms with E-state index in [2.05, 4.69) is 12.2 Å². The van der Waals surface area contributed by atoms with Crippen LogP contribution >= 0.6 is 0 Å². The van der Waals surface area contributed by atoms with E-state index in [0.717, 1.165) is 32.5 Å². The number of benzene rings is 1. The van der Waals surface area contributed by atoms with Gasteiger partial charge in [-0.2, -0.15) is 0 Å². The van der Waals surface area contributed by atoms with Crippen molar-refractivity contribution in [2.45, 2.75) is 25.8 Å². The summed E-state index contributed by atoms with van der Waals surface area (Å²) in [6.07, 6.45) is 2.13. The highest BCUT2D eigenvalue weighted by Crippen LogP contribution is 2.30. The molecule has 1 atom stereocenters. The van der Waals surface area contributed by atoms with Crippen LogP contribution in [-0.2, 0) is 0 Å². The van der Waals surface area contributed by atoms with E-state index in [1.165, 1.54) is 0 Å². The summed E-state index contributed by atoms with van der Waals surface area (Å²) in [7, 11) is 3.15. The van der Waals surface area contributed by atoms with Crippen LogP contribution in [0.15, 0.2) is 18.2 Å². The first-order chi connectivity index (χ1) is 10.2. The summed E-state index contributed by atoms with van der Waals surface area (Å²) in [5.41, 5.74) is 0.514. The van der Waals surface area contributed by atoms with Crippen molar-refractivity contribution < 1.29 is 14.3 Å². The number of carbonyl (C=O) groups is 1. The first-order valence-corrected chi connectivity index (χ1v) is 7.44. The van der Waals surface area contributed by atoms with E-state index in [1.54, 1.807) is 26.4 Å². The van der Waals surface area contributed by atoms with Gasteiger partial charge in [0.15, 0.2) is 0 Å². The van der Waals surface area contributed by atoms with Gasteiger partial charge in [0, 0.05) is 19.1 Å². The monoisotopic (exact) mass is 292 g/mol. The van der Waals surface area contributed by atoms with Gasteiger partial charge in [-0.05, 0) is 31.5 Å². The highest BCUT2D eigenvalue weighted by Gasteiger charge is 2.28. The second-order valence-electron chi connectivity index (χ2n) is 5.19. The van der Waals surface area contributed by atoms with Gasteiger partial charge in [-0.3, -0.25) is 4.79 Å². The predicted molar refractivity (Wildman–Crippen MR) is 82.1 cm³/mol. The minimum absolute atomic E-state index is 0.0214. The molecular formula is C16H24N2O3. The summed E-state index contributed by atoms with van der Waals surface area (Å²) >= 11 is 0. The fourth-order valence-electron chi connectivity index (χ4n) is 2.84. The lowest BCUT2D eigenvalue weighted by Gasteiger charge is -2.33. The molecule has 0 saturated carbocycles. The van der Waals surface area contributed by atoms with Crippen LogP contribution in [0.4, 0.5) is 0 Å². The normalized spacial score (nSPS) is 18.4. The topological polar surface area (TPSA) is 50.8 Å². The Bertz CT molecular complexity index is 466. The summed E-state index contributed by atoms with van der Waals surface area (Å²) in [5, 5.41) is 3.42. The van der Waals surface area contributed by atoms with E-state index >= 15 is 0 Å². The van der Waals surface area contributed by atoms with Crippen LogP contribution in [0.3, 0.4) is 0 Å². The molecule has 116 valence electrons. The molecule has 5 nitrogen and oxygen atoms in total. The van der Waals surface area contributed by atoms with Crippen molar-refractivity contribution in [1.29, 1.82) is 0 Å². The highest BCUT2D eigenvalue weighted by atomic mass is 16.5.